The average Bonchev–Trinajstić information content (AvgIpc) is 2.48. The molecule has 0 aliphatic carbocycles. The minimum absolute atomic E-state index is 0. The zero-order chi connectivity index (χ0) is 13.9. The fraction of sp³-hybridized carbons (Fsp3) is 0.900. The molecule has 2 aliphatic heterocycles. The summed E-state index contributed by atoms with van der Waals surface area (Å²) in [5.41, 5.74) is 0. The van der Waals surface area contributed by atoms with E-state index in [9.17, 15) is 9.36 Å². The first-order valence-electron chi connectivity index (χ1n) is 6.13. The standard InChI is InChI=1S/C10H17Cl2N2O4P.H2O/c11-10(12,9-15)19(16,13-1-5-17-6-2-13)14-3-7-18-8-4-14;/h9H,1-8H2;1H2. The number of nitrogens with zero attached hydrogens (tertiary/aromatic N) is 2. The van der Waals surface area contributed by atoms with E-state index >= 15 is 0 Å². The maximum atomic E-state index is 13.4. The molecule has 0 atom stereocenters. The van der Waals surface area contributed by atoms with Gasteiger partial charge in [-0.05, 0) is 0 Å². The van der Waals surface area contributed by atoms with E-state index in [1.54, 1.807) is 9.34 Å². The van der Waals surface area contributed by atoms with Gasteiger partial charge in [-0.3, -0.25) is 9.36 Å². The molecule has 0 radical (unpaired) electrons. The molecule has 2 fully saturated rings. The molecule has 2 aliphatic rings. The van der Waals surface area contributed by atoms with E-state index in [4.69, 9.17) is 32.7 Å². The maximum absolute atomic E-state index is 13.4. The molecule has 2 heterocycles. The van der Waals surface area contributed by atoms with Crippen molar-refractivity contribution in [3.05, 3.63) is 0 Å². The van der Waals surface area contributed by atoms with Crippen LogP contribution in [0, 0.1) is 0 Å². The van der Waals surface area contributed by atoms with Gasteiger partial charge in [-0.15, -0.1) is 0 Å². The second-order valence-corrected chi connectivity index (χ2v) is 9.22. The highest BCUT2D eigenvalue weighted by Gasteiger charge is 2.54. The van der Waals surface area contributed by atoms with Crippen molar-refractivity contribution in [3.63, 3.8) is 0 Å². The van der Waals surface area contributed by atoms with Crippen molar-refractivity contribution >= 4 is 36.9 Å². The number of halogens is 2. The van der Waals surface area contributed by atoms with E-state index in [0.717, 1.165) is 0 Å². The number of carbonyl (C=O) groups is 1. The van der Waals surface area contributed by atoms with Crippen molar-refractivity contribution in [1.82, 2.24) is 9.34 Å². The van der Waals surface area contributed by atoms with Gasteiger partial charge in [0.25, 0.3) is 11.5 Å². The molecule has 0 spiro atoms. The van der Waals surface area contributed by atoms with Crippen LogP contribution in [0.5, 0.6) is 0 Å². The molecule has 0 amide bonds. The van der Waals surface area contributed by atoms with Crippen LogP contribution in [0.2, 0.25) is 0 Å². The Labute approximate surface area is 127 Å². The van der Waals surface area contributed by atoms with E-state index in [1.807, 2.05) is 0 Å². The zero-order valence-electron chi connectivity index (χ0n) is 11.0. The SMILES string of the molecule is O.O=CC(Cl)(Cl)P(=O)(N1CCOCC1)N1CCOCC1. The lowest BCUT2D eigenvalue weighted by Gasteiger charge is -2.45. The molecule has 0 saturated carbocycles. The predicted octanol–water partition coefficient (Wildman–Crippen LogP) is 0.349. The van der Waals surface area contributed by atoms with Gasteiger partial charge in [0.2, 0.25) is 0 Å². The summed E-state index contributed by atoms with van der Waals surface area (Å²) < 4.78 is 25.4. The molecule has 2 saturated heterocycles. The fourth-order valence-corrected chi connectivity index (χ4v) is 6.22. The summed E-state index contributed by atoms with van der Waals surface area (Å²) in [6.07, 6.45) is 0.363. The van der Waals surface area contributed by atoms with E-state index < -0.39 is 11.5 Å². The second kappa shape index (κ2) is 7.51. The molecule has 0 aromatic carbocycles. The molecule has 118 valence electrons. The van der Waals surface area contributed by atoms with Crippen LogP contribution in [-0.2, 0) is 18.8 Å². The highest BCUT2D eigenvalue weighted by Crippen LogP contribution is 2.66. The van der Waals surface area contributed by atoms with Crippen LogP contribution in [0.4, 0.5) is 0 Å². The molecule has 0 unspecified atom stereocenters. The summed E-state index contributed by atoms with van der Waals surface area (Å²) in [5, 5.41) is 0. The first kappa shape index (κ1) is 18.3. The predicted molar refractivity (Wildman–Crippen MR) is 76.5 cm³/mol. The van der Waals surface area contributed by atoms with Crippen LogP contribution in [0.25, 0.3) is 0 Å². The topological polar surface area (TPSA) is 90.6 Å². The maximum Gasteiger partial charge on any atom is 0.259 e. The number of hydrogen-bond donors (Lipinski definition) is 0. The highest BCUT2D eigenvalue weighted by atomic mass is 35.5. The van der Waals surface area contributed by atoms with Gasteiger partial charge < -0.3 is 14.9 Å². The monoisotopic (exact) mass is 348 g/mol. The normalized spacial score (nSPS) is 23.1. The summed E-state index contributed by atoms with van der Waals surface area (Å²) in [6, 6.07) is 0. The van der Waals surface area contributed by atoms with Crippen molar-refractivity contribution in [2.24, 2.45) is 0 Å². The van der Waals surface area contributed by atoms with Gasteiger partial charge in [-0.25, -0.2) is 9.34 Å². The lowest BCUT2D eigenvalue weighted by atomic mass is 10.5. The number of carbonyl (C=O) groups excluding carboxylic acids is 1. The first-order chi connectivity index (χ1) is 9.02. The van der Waals surface area contributed by atoms with E-state index in [-0.39, 0.29) is 5.48 Å². The highest BCUT2D eigenvalue weighted by molar-refractivity contribution is 7.66. The summed E-state index contributed by atoms with van der Waals surface area (Å²) in [4.78, 5) is 11.2. The summed E-state index contributed by atoms with van der Waals surface area (Å²) in [7, 11) is -3.40. The van der Waals surface area contributed by atoms with Gasteiger partial charge in [0.15, 0.2) is 6.29 Å². The van der Waals surface area contributed by atoms with Crippen molar-refractivity contribution in [1.29, 1.82) is 0 Å². The van der Waals surface area contributed by atoms with Gasteiger partial charge in [0, 0.05) is 26.2 Å². The molecular weight excluding hydrogens is 330 g/mol. The second-order valence-electron chi connectivity index (χ2n) is 4.38. The van der Waals surface area contributed by atoms with Crippen molar-refractivity contribution in [2.75, 3.05) is 52.6 Å². The van der Waals surface area contributed by atoms with Crippen LogP contribution in [0.3, 0.4) is 0 Å². The summed E-state index contributed by atoms with van der Waals surface area (Å²) >= 11 is 12.1. The molecule has 0 aromatic rings. The Morgan fingerprint density at radius 3 is 1.60 bits per heavy atom. The van der Waals surface area contributed by atoms with Crippen LogP contribution < -0.4 is 0 Å². The average molecular weight is 349 g/mol. The minimum Gasteiger partial charge on any atom is -0.412 e. The third kappa shape index (κ3) is 3.36. The summed E-state index contributed by atoms with van der Waals surface area (Å²) in [5.74, 6) is 0. The van der Waals surface area contributed by atoms with Gasteiger partial charge in [-0.1, -0.05) is 23.2 Å². The number of ether oxygens (including phenoxy) is 2. The lowest BCUT2D eigenvalue weighted by Crippen LogP contribution is -2.47. The van der Waals surface area contributed by atoms with E-state index in [0.29, 0.717) is 58.9 Å². The Hall–Kier alpha value is 0.280. The Bertz CT molecular complexity index is 351. The molecule has 10 heteroatoms. The zero-order valence-corrected chi connectivity index (χ0v) is 13.4. The largest absolute Gasteiger partial charge is 0.412 e. The lowest BCUT2D eigenvalue weighted by molar-refractivity contribution is -0.107. The van der Waals surface area contributed by atoms with Crippen LogP contribution in [0.1, 0.15) is 0 Å². The molecule has 2 rings (SSSR count). The van der Waals surface area contributed by atoms with Crippen LogP contribution in [-0.4, -0.2) is 77.8 Å². The first-order valence-corrected chi connectivity index (χ1v) is 8.50. The number of morpholine rings is 2. The van der Waals surface area contributed by atoms with Gasteiger partial charge in [0.1, 0.15) is 0 Å². The van der Waals surface area contributed by atoms with Crippen LogP contribution >= 0.6 is 30.6 Å². The third-order valence-corrected chi connectivity index (χ3v) is 7.99. The smallest absolute Gasteiger partial charge is 0.259 e. The van der Waals surface area contributed by atoms with Crippen molar-refractivity contribution in [3.8, 4) is 0 Å². The Morgan fingerprint density at radius 1 is 0.950 bits per heavy atom. The number of rotatable bonds is 4. The minimum atomic E-state index is -3.40. The van der Waals surface area contributed by atoms with E-state index in [1.165, 1.54) is 0 Å². The molecule has 0 bridgehead atoms. The van der Waals surface area contributed by atoms with Gasteiger partial charge in [-0.2, -0.15) is 0 Å². The molecular formula is C10H19Cl2N2O5P. The number of hydrogen-bond acceptors (Lipinski definition) is 4. The van der Waals surface area contributed by atoms with Crippen LogP contribution in [0.15, 0.2) is 0 Å². The fourth-order valence-electron chi connectivity index (χ4n) is 2.27. The Morgan fingerprint density at radius 2 is 1.30 bits per heavy atom. The Balaban J connectivity index is 0.00000200. The molecule has 2 N–H and O–H groups in total. The van der Waals surface area contributed by atoms with Crippen molar-refractivity contribution in [2.45, 2.75) is 4.07 Å². The summed E-state index contributed by atoms with van der Waals surface area (Å²) in [6.45, 7) is 3.61. The van der Waals surface area contributed by atoms with Gasteiger partial charge in [0.05, 0.1) is 26.4 Å². The van der Waals surface area contributed by atoms with Gasteiger partial charge >= 0.3 is 0 Å². The third-order valence-electron chi connectivity index (χ3n) is 3.27. The number of aldehydes is 1. The molecule has 20 heavy (non-hydrogen) atoms. The molecule has 0 aromatic heterocycles. The van der Waals surface area contributed by atoms with E-state index in [2.05, 4.69) is 0 Å². The Kier molecular flexibility index (Phi) is 6.89. The van der Waals surface area contributed by atoms with Crippen molar-refractivity contribution < 1.29 is 24.3 Å². The quantitative estimate of drug-likeness (QED) is 0.413. The molecule has 7 nitrogen and oxygen atoms in total. The number of alkyl halides is 2.